The fourth-order valence-electron chi connectivity index (χ4n) is 1.75. The zero-order chi connectivity index (χ0) is 12.6. The molecule has 1 amide bonds. The molecule has 17 heavy (non-hydrogen) atoms. The van der Waals surface area contributed by atoms with E-state index in [9.17, 15) is 23.8 Å². The van der Waals surface area contributed by atoms with Crippen LogP contribution in [0, 0.1) is 11.6 Å². The minimum Gasteiger partial charge on any atom is -0.388 e. The number of benzene rings is 1. The second kappa shape index (κ2) is 4.38. The second-order valence-corrected chi connectivity index (χ2v) is 3.97. The van der Waals surface area contributed by atoms with E-state index in [1.54, 1.807) is 0 Å². The topological polar surface area (TPSA) is 60.8 Å². The molecule has 4 nitrogen and oxygen atoms in total. The van der Waals surface area contributed by atoms with Crippen LogP contribution in [0.3, 0.4) is 0 Å². The van der Waals surface area contributed by atoms with Gasteiger partial charge in [0.1, 0.15) is 0 Å². The summed E-state index contributed by atoms with van der Waals surface area (Å²) in [5, 5.41) is 18.6. The molecule has 0 aliphatic carbocycles. The van der Waals surface area contributed by atoms with Gasteiger partial charge in [-0.2, -0.15) is 0 Å². The first kappa shape index (κ1) is 11.9. The molecule has 1 aromatic rings. The fraction of sp³-hybridized carbons (Fsp3) is 0.364. The Kier molecular flexibility index (Phi) is 3.08. The summed E-state index contributed by atoms with van der Waals surface area (Å²) in [4.78, 5) is 13.0. The molecule has 1 saturated heterocycles. The first-order chi connectivity index (χ1) is 7.99. The molecule has 1 heterocycles. The normalized spacial score (nSPS) is 24.1. The number of aliphatic hydroxyl groups excluding tert-OH is 2. The van der Waals surface area contributed by atoms with Gasteiger partial charge in [-0.25, -0.2) is 8.78 Å². The Balaban J connectivity index is 2.17. The number of nitrogens with zero attached hydrogens (tertiary/aromatic N) is 1. The standard InChI is InChI=1S/C11H11F2NO3/c12-7-2-1-6(3-8(7)13)11(17)14-4-9(15)10(16)5-14/h1-3,9-10,15-16H,4-5H2/t9-,10+. The van der Waals surface area contributed by atoms with E-state index < -0.39 is 29.7 Å². The smallest absolute Gasteiger partial charge is 0.254 e. The Hall–Kier alpha value is -1.53. The number of hydrogen-bond donors (Lipinski definition) is 2. The number of carbonyl (C=O) groups excluding carboxylic acids is 1. The highest BCUT2D eigenvalue weighted by Crippen LogP contribution is 2.16. The minimum atomic E-state index is -1.10. The molecule has 1 fully saturated rings. The molecular formula is C11H11F2NO3. The van der Waals surface area contributed by atoms with Crippen molar-refractivity contribution < 1.29 is 23.8 Å². The number of likely N-dealkylation sites (tertiary alicyclic amines) is 1. The number of halogens is 2. The molecule has 2 atom stereocenters. The summed E-state index contributed by atoms with van der Waals surface area (Å²) < 4.78 is 25.6. The maximum Gasteiger partial charge on any atom is 0.254 e. The Morgan fingerprint density at radius 1 is 1.18 bits per heavy atom. The van der Waals surface area contributed by atoms with E-state index in [1.807, 2.05) is 0 Å². The molecular weight excluding hydrogens is 232 g/mol. The molecule has 0 radical (unpaired) electrons. The monoisotopic (exact) mass is 243 g/mol. The van der Waals surface area contributed by atoms with Crippen molar-refractivity contribution in [3.8, 4) is 0 Å². The van der Waals surface area contributed by atoms with Gasteiger partial charge in [-0.05, 0) is 18.2 Å². The van der Waals surface area contributed by atoms with Gasteiger partial charge in [0.05, 0.1) is 12.2 Å². The van der Waals surface area contributed by atoms with Crippen molar-refractivity contribution in [2.45, 2.75) is 12.2 Å². The van der Waals surface area contributed by atoms with Crippen LogP contribution < -0.4 is 0 Å². The number of amides is 1. The van der Waals surface area contributed by atoms with Crippen LogP contribution in [0.5, 0.6) is 0 Å². The summed E-state index contributed by atoms with van der Waals surface area (Å²) in [6, 6.07) is 2.83. The number of β-amino-alcohol motifs (C(OH)–C–C–N with tert-alkyl or cyclic N) is 2. The number of rotatable bonds is 1. The fourth-order valence-corrected chi connectivity index (χ4v) is 1.75. The first-order valence-electron chi connectivity index (χ1n) is 5.09. The first-order valence-corrected chi connectivity index (χ1v) is 5.09. The zero-order valence-corrected chi connectivity index (χ0v) is 8.81. The van der Waals surface area contributed by atoms with Crippen LogP contribution in [-0.4, -0.2) is 46.3 Å². The van der Waals surface area contributed by atoms with Gasteiger partial charge in [-0.15, -0.1) is 0 Å². The van der Waals surface area contributed by atoms with Crippen LogP contribution in [0.2, 0.25) is 0 Å². The van der Waals surface area contributed by atoms with E-state index in [4.69, 9.17) is 0 Å². The van der Waals surface area contributed by atoms with Crippen molar-refractivity contribution in [3.63, 3.8) is 0 Å². The molecule has 2 N–H and O–H groups in total. The summed E-state index contributed by atoms with van der Waals surface area (Å²) in [5.74, 6) is -2.67. The minimum absolute atomic E-state index is 0.00907. The van der Waals surface area contributed by atoms with Crippen molar-refractivity contribution in [3.05, 3.63) is 35.4 Å². The lowest BCUT2D eigenvalue weighted by Gasteiger charge is -2.15. The molecule has 1 aliphatic heterocycles. The lowest BCUT2D eigenvalue weighted by molar-refractivity contribution is 0.0572. The molecule has 0 saturated carbocycles. The number of aliphatic hydroxyl groups is 2. The van der Waals surface area contributed by atoms with Gasteiger partial charge in [0, 0.05) is 18.7 Å². The molecule has 1 aliphatic rings. The van der Waals surface area contributed by atoms with Crippen LogP contribution in [0.25, 0.3) is 0 Å². The summed E-state index contributed by atoms with van der Waals surface area (Å²) in [6.45, 7) is -0.0298. The van der Waals surface area contributed by atoms with Gasteiger partial charge >= 0.3 is 0 Å². The van der Waals surface area contributed by atoms with Gasteiger partial charge in [0.15, 0.2) is 11.6 Å². The Morgan fingerprint density at radius 2 is 1.76 bits per heavy atom. The van der Waals surface area contributed by atoms with E-state index >= 15 is 0 Å². The summed E-state index contributed by atoms with van der Waals surface area (Å²) in [7, 11) is 0. The summed E-state index contributed by atoms with van der Waals surface area (Å²) in [5.41, 5.74) is -0.00907. The SMILES string of the molecule is O=C(c1ccc(F)c(F)c1)N1C[C@@H](O)[C@@H](O)C1. The highest BCUT2D eigenvalue weighted by Gasteiger charge is 2.33. The van der Waals surface area contributed by atoms with Crippen molar-refractivity contribution in [2.24, 2.45) is 0 Å². The maximum atomic E-state index is 12.9. The van der Waals surface area contributed by atoms with E-state index in [-0.39, 0.29) is 18.7 Å². The van der Waals surface area contributed by atoms with Gasteiger partial charge in [-0.1, -0.05) is 0 Å². The largest absolute Gasteiger partial charge is 0.388 e. The third kappa shape index (κ3) is 2.27. The molecule has 2 rings (SSSR count). The Morgan fingerprint density at radius 3 is 2.29 bits per heavy atom. The quantitative estimate of drug-likeness (QED) is 0.737. The van der Waals surface area contributed by atoms with Gasteiger partial charge < -0.3 is 15.1 Å². The molecule has 0 bridgehead atoms. The van der Waals surface area contributed by atoms with Crippen molar-refractivity contribution >= 4 is 5.91 Å². The Labute approximate surface area is 96.1 Å². The molecule has 0 unspecified atom stereocenters. The molecule has 1 aromatic carbocycles. The van der Waals surface area contributed by atoms with Crippen molar-refractivity contribution in [1.82, 2.24) is 4.90 Å². The van der Waals surface area contributed by atoms with Crippen LogP contribution >= 0.6 is 0 Å². The molecule has 0 spiro atoms. The van der Waals surface area contributed by atoms with Crippen molar-refractivity contribution in [2.75, 3.05) is 13.1 Å². The average Bonchev–Trinajstić information content (AvgIpc) is 2.62. The van der Waals surface area contributed by atoms with Gasteiger partial charge in [0.25, 0.3) is 5.91 Å². The Bertz CT molecular complexity index is 442. The second-order valence-electron chi connectivity index (χ2n) is 3.97. The van der Waals surface area contributed by atoms with Gasteiger partial charge in [0.2, 0.25) is 0 Å². The van der Waals surface area contributed by atoms with Gasteiger partial charge in [-0.3, -0.25) is 4.79 Å². The highest BCUT2D eigenvalue weighted by atomic mass is 19.2. The molecule has 92 valence electrons. The van der Waals surface area contributed by atoms with E-state index in [0.29, 0.717) is 0 Å². The zero-order valence-electron chi connectivity index (χ0n) is 8.81. The van der Waals surface area contributed by atoms with E-state index in [2.05, 4.69) is 0 Å². The lowest BCUT2D eigenvalue weighted by Crippen LogP contribution is -2.29. The molecule has 6 heteroatoms. The summed E-state index contributed by atoms with van der Waals surface area (Å²) >= 11 is 0. The predicted molar refractivity (Wildman–Crippen MR) is 54.3 cm³/mol. The van der Waals surface area contributed by atoms with Crippen molar-refractivity contribution in [1.29, 1.82) is 0 Å². The van der Waals surface area contributed by atoms with Crippen LogP contribution in [0.4, 0.5) is 8.78 Å². The van der Waals surface area contributed by atoms with E-state index in [0.717, 1.165) is 18.2 Å². The number of carbonyl (C=O) groups is 1. The summed E-state index contributed by atoms with van der Waals surface area (Å²) in [6.07, 6.45) is -1.99. The highest BCUT2D eigenvalue weighted by molar-refractivity contribution is 5.94. The third-order valence-corrected chi connectivity index (χ3v) is 2.71. The van der Waals surface area contributed by atoms with Crippen LogP contribution in [0.1, 0.15) is 10.4 Å². The van der Waals surface area contributed by atoms with E-state index in [1.165, 1.54) is 4.90 Å². The third-order valence-electron chi connectivity index (χ3n) is 2.71. The maximum absolute atomic E-state index is 12.9. The average molecular weight is 243 g/mol. The molecule has 0 aromatic heterocycles. The number of hydrogen-bond acceptors (Lipinski definition) is 3. The van der Waals surface area contributed by atoms with Crippen LogP contribution in [0.15, 0.2) is 18.2 Å². The van der Waals surface area contributed by atoms with Crippen LogP contribution in [-0.2, 0) is 0 Å². The predicted octanol–water partition coefficient (Wildman–Crippen LogP) is 0.142. The lowest BCUT2D eigenvalue weighted by atomic mass is 10.2.